The first-order valence-electron chi connectivity index (χ1n) is 8.18. The van der Waals surface area contributed by atoms with Crippen molar-refractivity contribution in [2.45, 2.75) is 26.1 Å². The third-order valence-electron chi connectivity index (χ3n) is 3.42. The number of rotatable bonds is 7. The molecular weight excluding hydrogens is 379 g/mol. The molecule has 0 fully saturated rings. The number of amides is 1. The Kier molecular flexibility index (Phi) is 6.86. The van der Waals surface area contributed by atoms with E-state index < -0.39 is 23.8 Å². The molecule has 28 heavy (non-hydrogen) atoms. The maximum atomic E-state index is 12.5. The number of carbonyl (C=O) groups excluding carboxylic acids is 2. The lowest BCUT2D eigenvalue weighted by Crippen LogP contribution is -2.31. The molecule has 2 rings (SSSR count). The number of alkyl halides is 3. The molecule has 0 aromatic heterocycles. The van der Waals surface area contributed by atoms with Crippen molar-refractivity contribution in [3.05, 3.63) is 54.1 Å². The van der Waals surface area contributed by atoms with Gasteiger partial charge in [0.15, 0.2) is 12.8 Å². The van der Waals surface area contributed by atoms with Gasteiger partial charge < -0.3 is 19.5 Å². The van der Waals surface area contributed by atoms with Crippen LogP contribution in [0, 0.1) is 0 Å². The first-order valence-corrected chi connectivity index (χ1v) is 8.18. The Labute approximate surface area is 159 Å². The minimum absolute atomic E-state index is 0.247. The summed E-state index contributed by atoms with van der Waals surface area (Å²) in [5.41, 5.74) is -0.761. The fourth-order valence-electron chi connectivity index (χ4n) is 2.01. The van der Waals surface area contributed by atoms with Crippen LogP contribution in [0.15, 0.2) is 48.5 Å². The van der Waals surface area contributed by atoms with Crippen LogP contribution in [0.3, 0.4) is 0 Å². The minimum atomic E-state index is -4.41. The zero-order valence-corrected chi connectivity index (χ0v) is 15.1. The second-order valence-corrected chi connectivity index (χ2v) is 5.70. The zero-order chi connectivity index (χ0) is 20.7. The molecule has 2 aromatic rings. The molecule has 6 nitrogen and oxygen atoms in total. The fourth-order valence-corrected chi connectivity index (χ4v) is 2.01. The summed E-state index contributed by atoms with van der Waals surface area (Å²) in [5, 5.41) is 2.32. The third-order valence-corrected chi connectivity index (χ3v) is 3.42. The highest BCUT2D eigenvalue weighted by Gasteiger charge is 2.30. The number of benzene rings is 2. The summed E-state index contributed by atoms with van der Waals surface area (Å²) in [6, 6.07) is 10.5. The van der Waals surface area contributed by atoms with Gasteiger partial charge in [-0.25, -0.2) is 4.79 Å². The van der Waals surface area contributed by atoms with Gasteiger partial charge in [0.25, 0.3) is 0 Å². The Bertz CT molecular complexity index is 804. The number of ether oxygens (including phenoxy) is 3. The van der Waals surface area contributed by atoms with Gasteiger partial charge >= 0.3 is 12.1 Å². The van der Waals surface area contributed by atoms with Crippen LogP contribution in [0.1, 0.15) is 19.4 Å². The summed E-state index contributed by atoms with van der Waals surface area (Å²) in [6.07, 6.45) is -5.31. The van der Waals surface area contributed by atoms with E-state index >= 15 is 0 Å². The van der Waals surface area contributed by atoms with E-state index in [-0.39, 0.29) is 18.4 Å². The number of hydrogen-bond acceptors (Lipinski definition) is 5. The van der Waals surface area contributed by atoms with E-state index in [9.17, 15) is 22.8 Å². The minimum Gasteiger partial charge on any atom is -0.479 e. The average molecular weight is 397 g/mol. The molecule has 9 heteroatoms. The highest BCUT2D eigenvalue weighted by atomic mass is 19.4. The lowest BCUT2D eigenvalue weighted by molar-refractivity contribution is -0.152. The van der Waals surface area contributed by atoms with Gasteiger partial charge in [-0.3, -0.25) is 4.79 Å². The maximum Gasteiger partial charge on any atom is 0.416 e. The lowest BCUT2D eigenvalue weighted by Gasteiger charge is -2.14. The molecular formula is C19H18F3NO5. The second-order valence-electron chi connectivity index (χ2n) is 5.70. The molecule has 0 unspecified atom stereocenters. The highest BCUT2D eigenvalue weighted by molar-refractivity contribution is 5.76. The van der Waals surface area contributed by atoms with E-state index in [2.05, 4.69) is 5.32 Å². The largest absolute Gasteiger partial charge is 0.479 e. The molecule has 1 amide bonds. The van der Waals surface area contributed by atoms with E-state index in [1.54, 1.807) is 12.1 Å². The first-order chi connectivity index (χ1) is 13.1. The SMILES string of the molecule is CC(=O)NCOC(=O)[C@@H](C)Oc1ccc(Oc2ccc(C(F)(F)F)cc2)cc1. The molecule has 0 heterocycles. The van der Waals surface area contributed by atoms with E-state index in [0.29, 0.717) is 11.5 Å². The maximum absolute atomic E-state index is 12.5. The summed E-state index contributed by atoms with van der Waals surface area (Å²) >= 11 is 0. The van der Waals surface area contributed by atoms with Crippen molar-refractivity contribution in [3.8, 4) is 17.2 Å². The van der Waals surface area contributed by atoms with Gasteiger partial charge in [-0.1, -0.05) is 0 Å². The Morgan fingerprint density at radius 1 is 0.964 bits per heavy atom. The second kappa shape index (κ2) is 9.12. The van der Waals surface area contributed by atoms with Crippen molar-refractivity contribution in [1.29, 1.82) is 0 Å². The summed E-state index contributed by atoms with van der Waals surface area (Å²) in [7, 11) is 0. The van der Waals surface area contributed by atoms with E-state index in [1.807, 2.05) is 0 Å². The van der Waals surface area contributed by atoms with Crippen molar-refractivity contribution in [3.63, 3.8) is 0 Å². The average Bonchev–Trinajstić information content (AvgIpc) is 2.62. The smallest absolute Gasteiger partial charge is 0.416 e. The molecule has 0 bridgehead atoms. The van der Waals surface area contributed by atoms with Crippen molar-refractivity contribution in [2.24, 2.45) is 0 Å². The molecule has 0 saturated heterocycles. The molecule has 0 saturated carbocycles. The summed E-state index contributed by atoms with van der Waals surface area (Å²) in [5.74, 6) is 0.0113. The Morgan fingerprint density at radius 2 is 1.46 bits per heavy atom. The highest BCUT2D eigenvalue weighted by Crippen LogP contribution is 2.31. The van der Waals surface area contributed by atoms with Gasteiger partial charge in [-0.2, -0.15) is 13.2 Å². The van der Waals surface area contributed by atoms with Crippen LogP contribution in [-0.2, 0) is 20.5 Å². The molecule has 0 radical (unpaired) electrons. The van der Waals surface area contributed by atoms with Gasteiger partial charge in [0.1, 0.15) is 17.2 Å². The molecule has 0 aliphatic heterocycles. The normalized spacial score (nSPS) is 12.0. The predicted molar refractivity (Wildman–Crippen MR) is 92.8 cm³/mol. The number of esters is 1. The standard InChI is InChI=1S/C19H18F3NO5/c1-12(18(25)26-11-23-13(2)24)27-15-7-9-17(10-8-15)28-16-5-3-14(4-6-16)19(20,21)22/h3-10,12H,11H2,1-2H3,(H,23,24)/t12-/m1/s1. The summed E-state index contributed by atoms with van der Waals surface area (Å²) in [4.78, 5) is 22.4. The third kappa shape index (κ3) is 6.49. The van der Waals surface area contributed by atoms with Gasteiger partial charge in [0, 0.05) is 6.92 Å². The van der Waals surface area contributed by atoms with Crippen LogP contribution in [0.5, 0.6) is 17.2 Å². The molecule has 1 atom stereocenters. The number of nitrogens with one attached hydrogen (secondary N) is 1. The van der Waals surface area contributed by atoms with E-state index in [4.69, 9.17) is 14.2 Å². The van der Waals surface area contributed by atoms with Crippen LogP contribution >= 0.6 is 0 Å². The van der Waals surface area contributed by atoms with Crippen LogP contribution in [0.4, 0.5) is 13.2 Å². The van der Waals surface area contributed by atoms with Crippen molar-refractivity contribution < 1.29 is 37.0 Å². The number of hydrogen-bond donors (Lipinski definition) is 1. The van der Waals surface area contributed by atoms with Gasteiger partial charge in [0.05, 0.1) is 5.56 Å². The first kappa shape index (κ1) is 21.1. The van der Waals surface area contributed by atoms with Crippen molar-refractivity contribution in [2.75, 3.05) is 6.73 Å². The number of carbonyl (C=O) groups is 2. The van der Waals surface area contributed by atoms with E-state index in [0.717, 1.165) is 12.1 Å². The topological polar surface area (TPSA) is 73.9 Å². The Balaban J connectivity index is 1.89. The summed E-state index contributed by atoms with van der Waals surface area (Å²) in [6.45, 7) is 2.53. The van der Waals surface area contributed by atoms with Crippen LogP contribution in [0.2, 0.25) is 0 Å². The fraction of sp³-hybridized carbons (Fsp3) is 0.263. The van der Waals surface area contributed by atoms with Gasteiger partial charge in [0.2, 0.25) is 5.91 Å². The molecule has 1 N–H and O–H groups in total. The molecule has 0 aliphatic rings. The molecule has 2 aromatic carbocycles. The Hall–Kier alpha value is -3.23. The van der Waals surface area contributed by atoms with Crippen molar-refractivity contribution in [1.82, 2.24) is 5.32 Å². The molecule has 0 spiro atoms. The summed E-state index contributed by atoms with van der Waals surface area (Å²) < 4.78 is 53.4. The van der Waals surface area contributed by atoms with Crippen LogP contribution < -0.4 is 14.8 Å². The van der Waals surface area contributed by atoms with E-state index in [1.165, 1.54) is 38.1 Å². The van der Waals surface area contributed by atoms with Crippen LogP contribution in [-0.4, -0.2) is 24.7 Å². The quantitative estimate of drug-likeness (QED) is 0.567. The van der Waals surface area contributed by atoms with Gasteiger partial charge in [-0.05, 0) is 55.5 Å². The van der Waals surface area contributed by atoms with Crippen molar-refractivity contribution >= 4 is 11.9 Å². The Morgan fingerprint density at radius 3 is 1.96 bits per heavy atom. The lowest BCUT2D eigenvalue weighted by atomic mass is 10.2. The monoisotopic (exact) mass is 397 g/mol. The van der Waals surface area contributed by atoms with Gasteiger partial charge in [-0.15, -0.1) is 0 Å². The zero-order valence-electron chi connectivity index (χ0n) is 15.1. The molecule has 0 aliphatic carbocycles. The number of halogens is 3. The molecule has 150 valence electrons. The van der Waals surface area contributed by atoms with Crippen LogP contribution in [0.25, 0.3) is 0 Å². The predicted octanol–water partition coefficient (Wildman–Crippen LogP) is 3.90.